The van der Waals surface area contributed by atoms with Crippen molar-refractivity contribution in [3.05, 3.63) is 47.5 Å². The van der Waals surface area contributed by atoms with E-state index in [9.17, 15) is 9.59 Å². The zero-order chi connectivity index (χ0) is 21.8. The van der Waals surface area contributed by atoms with E-state index in [1.807, 2.05) is 30.3 Å². The molecule has 7 nitrogen and oxygen atoms in total. The lowest BCUT2D eigenvalue weighted by atomic mass is 9.98. The van der Waals surface area contributed by atoms with Crippen LogP contribution in [-0.4, -0.2) is 50.6 Å². The molecule has 7 heteroatoms. The van der Waals surface area contributed by atoms with Crippen LogP contribution in [0.15, 0.2) is 36.4 Å². The highest BCUT2D eigenvalue weighted by Crippen LogP contribution is 2.33. The van der Waals surface area contributed by atoms with E-state index in [0.29, 0.717) is 19.4 Å². The number of amides is 2. The molecule has 2 aromatic carbocycles. The molecule has 2 aliphatic rings. The van der Waals surface area contributed by atoms with Crippen molar-refractivity contribution in [1.82, 2.24) is 4.90 Å². The Morgan fingerprint density at radius 3 is 2.35 bits per heavy atom. The maximum absolute atomic E-state index is 12.4. The van der Waals surface area contributed by atoms with Crippen molar-refractivity contribution in [2.45, 2.75) is 32.2 Å². The molecule has 0 atom stereocenters. The first-order valence-corrected chi connectivity index (χ1v) is 10.7. The first kappa shape index (κ1) is 21.2. The molecular weight excluding hydrogens is 394 g/mol. The molecule has 2 amide bonds. The van der Waals surface area contributed by atoms with Gasteiger partial charge >= 0.3 is 0 Å². The molecule has 1 fully saturated rings. The highest BCUT2D eigenvalue weighted by molar-refractivity contribution is 5.96. The van der Waals surface area contributed by atoms with E-state index in [1.165, 1.54) is 11.1 Å². The molecule has 0 saturated carbocycles. The molecule has 2 aliphatic heterocycles. The number of nitrogens with zero attached hydrogens (tertiary/aromatic N) is 2. The summed E-state index contributed by atoms with van der Waals surface area (Å²) in [6, 6.07) is 11.6. The van der Waals surface area contributed by atoms with Gasteiger partial charge in [-0.1, -0.05) is 0 Å². The van der Waals surface area contributed by atoms with Crippen LogP contribution < -0.4 is 19.7 Å². The zero-order valence-corrected chi connectivity index (χ0v) is 18.1. The Kier molecular flexibility index (Phi) is 6.42. The normalized spacial score (nSPS) is 16.2. The summed E-state index contributed by atoms with van der Waals surface area (Å²) in [4.78, 5) is 28.4. The summed E-state index contributed by atoms with van der Waals surface area (Å²) in [6.45, 7) is 3.16. The van der Waals surface area contributed by atoms with E-state index in [4.69, 9.17) is 9.47 Å². The van der Waals surface area contributed by atoms with E-state index in [0.717, 1.165) is 55.3 Å². The van der Waals surface area contributed by atoms with Gasteiger partial charge in [-0.3, -0.25) is 14.5 Å². The summed E-state index contributed by atoms with van der Waals surface area (Å²) in [5, 5.41) is 2.96. The van der Waals surface area contributed by atoms with Crippen LogP contribution in [0, 0.1) is 0 Å². The van der Waals surface area contributed by atoms with Crippen LogP contribution in [0.2, 0.25) is 0 Å². The van der Waals surface area contributed by atoms with Crippen molar-refractivity contribution < 1.29 is 19.1 Å². The molecule has 2 heterocycles. The molecule has 0 aliphatic carbocycles. The smallest absolute Gasteiger partial charge is 0.227 e. The summed E-state index contributed by atoms with van der Waals surface area (Å²) in [5.41, 5.74) is 4.13. The second-order valence-corrected chi connectivity index (χ2v) is 8.00. The van der Waals surface area contributed by atoms with Gasteiger partial charge in [-0.05, 0) is 60.4 Å². The molecule has 0 radical (unpaired) electrons. The molecule has 4 rings (SSSR count). The largest absolute Gasteiger partial charge is 0.493 e. The predicted octanol–water partition coefficient (Wildman–Crippen LogP) is 3.22. The summed E-state index contributed by atoms with van der Waals surface area (Å²) in [6.07, 6.45) is 2.86. The Hall–Kier alpha value is -3.06. The number of hydrogen-bond donors (Lipinski definition) is 1. The fourth-order valence-corrected chi connectivity index (χ4v) is 4.26. The van der Waals surface area contributed by atoms with E-state index in [1.54, 1.807) is 19.1 Å². The number of nitrogens with one attached hydrogen (secondary N) is 1. The van der Waals surface area contributed by atoms with Gasteiger partial charge in [-0.15, -0.1) is 0 Å². The van der Waals surface area contributed by atoms with Gasteiger partial charge in [0, 0.05) is 50.4 Å². The Balaban J connectivity index is 1.29. The molecule has 0 spiro atoms. The van der Waals surface area contributed by atoms with Gasteiger partial charge in [0.25, 0.3) is 0 Å². The van der Waals surface area contributed by atoms with Gasteiger partial charge in [0.05, 0.1) is 14.2 Å². The van der Waals surface area contributed by atoms with Gasteiger partial charge in [0.15, 0.2) is 11.5 Å². The molecule has 0 unspecified atom stereocenters. The SMILES string of the molecule is COc1cc2c(cc1OC)CN(CCC(=O)Nc1ccc(N3CCCC3=O)cc1)CC2. The molecule has 164 valence electrons. The minimum absolute atomic E-state index is 0.0110. The van der Waals surface area contributed by atoms with Crippen molar-refractivity contribution >= 4 is 23.2 Å². The number of rotatable bonds is 7. The van der Waals surface area contributed by atoms with Gasteiger partial charge in [0.1, 0.15) is 0 Å². The summed E-state index contributed by atoms with van der Waals surface area (Å²) in [5.74, 6) is 1.65. The monoisotopic (exact) mass is 423 g/mol. The number of fused-ring (bicyclic) bond motifs is 1. The average Bonchev–Trinajstić information content (AvgIpc) is 3.22. The number of methoxy groups -OCH3 is 2. The molecular formula is C24H29N3O4. The Morgan fingerprint density at radius 2 is 1.71 bits per heavy atom. The third kappa shape index (κ3) is 4.82. The molecule has 0 aromatic heterocycles. The molecule has 0 bridgehead atoms. The van der Waals surface area contributed by atoms with E-state index in [-0.39, 0.29) is 11.8 Å². The lowest BCUT2D eigenvalue weighted by Gasteiger charge is -2.29. The lowest BCUT2D eigenvalue weighted by Crippen LogP contribution is -2.33. The highest BCUT2D eigenvalue weighted by atomic mass is 16.5. The topological polar surface area (TPSA) is 71.1 Å². The summed E-state index contributed by atoms with van der Waals surface area (Å²) < 4.78 is 10.8. The maximum atomic E-state index is 12.4. The number of anilines is 2. The van der Waals surface area contributed by atoms with Crippen LogP contribution in [-0.2, 0) is 22.6 Å². The van der Waals surface area contributed by atoms with E-state index >= 15 is 0 Å². The van der Waals surface area contributed by atoms with Crippen molar-refractivity contribution in [3.63, 3.8) is 0 Å². The fraction of sp³-hybridized carbons (Fsp3) is 0.417. The van der Waals surface area contributed by atoms with E-state index in [2.05, 4.69) is 16.3 Å². The maximum Gasteiger partial charge on any atom is 0.227 e. The van der Waals surface area contributed by atoms with Gasteiger partial charge in [-0.25, -0.2) is 0 Å². The van der Waals surface area contributed by atoms with Crippen LogP contribution in [0.5, 0.6) is 11.5 Å². The van der Waals surface area contributed by atoms with Crippen LogP contribution in [0.3, 0.4) is 0 Å². The standard InChI is InChI=1S/C24H29N3O4/c1-30-21-14-17-9-12-26(16-18(17)15-22(21)31-2)13-10-23(28)25-19-5-7-20(8-6-19)27-11-3-4-24(27)29/h5-8,14-15H,3-4,9-13,16H2,1-2H3,(H,25,28). The number of carbonyl (C=O) groups excluding carboxylic acids is 2. The van der Waals surface area contributed by atoms with Crippen molar-refractivity contribution in [1.29, 1.82) is 0 Å². The number of ether oxygens (including phenoxy) is 2. The Labute approximate surface area is 182 Å². The van der Waals surface area contributed by atoms with Crippen molar-refractivity contribution in [3.8, 4) is 11.5 Å². The number of carbonyl (C=O) groups is 2. The van der Waals surface area contributed by atoms with Crippen molar-refractivity contribution in [2.75, 3.05) is 44.1 Å². The first-order valence-electron chi connectivity index (χ1n) is 10.7. The minimum Gasteiger partial charge on any atom is -0.493 e. The van der Waals surface area contributed by atoms with Crippen molar-refractivity contribution in [2.24, 2.45) is 0 Å². The fourth-order valence-electron chi connectivity index (χ4n) is 4.26. The summed E-state index contributed by atoms with van der Waals surface area (Å²) >= 11 is 0. The van der Waals surface area contributed by atoms with Crippen LogP contribution in [0.25, 0.3) is 0 Å². The summed E-state index contributed by atoms with van der Waals surface area (Å²) in [7, 11) is 3.29. The number of benzene rings is 2. The number of hydrogen-bond acceptors (Lipinski definition) is 5. The molecule has 2 aromatic rings. The van der Waals surface area contributed by atoms with Gasteiger partial charge in [-0.2, -0.15) is 0 Å². The van der Waals surface area contributed by atoms with E-state index < -0.39 is 0 Å². The Morgan fingerprint density at radius 1 is 1.00 bits per heavy atom. The second kappa shape index (κ2) is 9.39. The average molecular weight is 424 g/mol. The second-order valence-electron chi connectivity index (χ2n) is 8.00. The predicted molar refractivity (Wildman–Crippen MR) is 120 cm³/mol. The zero-order valence-electron chi connectivity index (χ0n) is 18.1. The molecule has 1 saturated heterocycles. The lowest BCUT2D eigenvalue weighted by molar-refractivity contribution is -0.117. The first-order chi connectivity index (χ1) is 15.1. The quantitative estimate of drug-likeness (QED) is 0.741. The van der Waals surface area contributed by atoms with Gasteiger partial charge in [0.2, 0.25) is 11.8 Å². The minimum atomic E-state index is -0.0110. The molecule has 1 N–H and O–H groups in total. The highest BCUT2D eigenvalue weighted by Gasteiger charge is 2.22. The third-order valence-corrected chi connectivity index (χ3v) is 5.99. The van der Waals surface area contributed by atoms with Crippen LogP contribution >= 0.6 is 0 Å². The van der Waals surface area contributed by atoms with Crippen LogP contribution in [0.4, 0.5) is 11.4 Å². The molecule has 31 heavy (non-hydrogen) atoms. The van der Waals surface area contributed by atoms with Gasteiger partial charge < -0.3 is 19.7 Å². The van der Waals surface area contributed by atoms with Crippen LogP contribution in [0.1, 0.15) is 30.4 Å². The Bertz CT molecular complexity index is 958. The third-order valence-electron chi connectivity index (χ3n) is 5.99.